The van der Waals surface area contributed by atoms with Gasteiger partial charge in [-0.1, -0.05) is 23.7 Å². The molecule has 1 aromatic carbocycles. The second-order valence-corrected chi connectivity index (χ2v) is 6.71. The number of rotatable bonds is 5. The highest BCUT2D eigenvalue weighted by Crippen LogP contribution is 2.39. The molecule has 2 heterocycles. The first kappa shape index (κ1) is 15.8. The van der Waals surface area contributed by atoms with E-state index in [4.69, 9.17) is 26.0 Å². The van der Waals surface area contributed by atoms with E-state index in [9.17, 15) is 4.79 Å². The van der Waals surface area contributed by atoms with Gasteiger partial charge in [0.1, 0.15) is 16.5 Å². The van der Waals surface area contributed by atoms with E-state index in [1.165, 1.54) is 4.88 Å². The van der Waals surface area contributed by atoms with Crippen molar-refractivity contribution in [3.63, 3.8) is 0 Å². The molecule has 0 saturated heterocycles. The van der Waals surface area contributed by atoms with Crippen LogP contribution in [-0.4, -0.2) is 22.3 Å². The summed E-state index contributed by atoms with van der Waals surface area (Å²) in [5.74, 6) is -0.755. The fraction of sp³-hybridized carbons (Fsp3) is 0.250. The van der Waals surface area contributed by atoms with Crippen molar-refractivity contribution in [3.8, 4) is 16.3 Å². The number of carboxylic acid groups (broad SMARTS) is 1. The van der Waals surface area contributed by atoms with E-state index in [2.05, 4.69) is 5.16 Å². The van der Waals surface area contributed by atoms with Gasteiger partial charge in [0.15, 0.2) is 11.7 Å². The molecule has 120 valence electrons. The minimum atomic E-state index is -1.03. The molecule has 0 bridgehead atoms. The lowest BCUT2D eigenvalue weighted by Crippen LogP contribution is -2.26. The predicted molar refractivity (Wildman–Crippen MR) is 89.4 cm³/mol. The summed E-state index contributed by atoms with van der Waals surface area (Å²) in [6.07, 6.45) is -0.618. The van der Waals surface area contributed by atoms with Crippen LogP contribution in [0.25, 0.3) is 21.5 Å². The lowest BCUT2D eigenvalue weighted by Gasteiger charge is -2.14. The molecule has 5 nitrogen and oxygen atoms in total. The fourth-order valence-electron chi connectivity index (χ4n) is 2.25. The predicted octanol–water partition coefficient (Wildman–Crippen LogP) is 4.76. The normalized spacial score (nSPS) is 12.5. The van der Waals surface area contributed by atoms with Gasteiger partial charge in [-0.2, -0.15) is 0 Å². The largest absolute Gasteiger partial charge is 0.479 e. The molecule has 0 radical (unpaired) electrons. The molecular formula is C16H14ClNO4S. The number of aromatic nitrogens is 1. The summed E-state index contributed by atoms with van der Waals surface area (Å²) in [6.45, 7) is 3.75. The Kier molecular flexibility index (Phi) is 4.28. The topological polar surface area (TPSA) is 72.6 Å². The Labute approximate surface area is 141 Å². The molecule has 2 aromatic heterocycles. The van der Waals surface area contributed by atoms with Gasteiger partial charge >= 0.3 is 5.97 Å². The van der Waals surface area contributed by atoms with Crippen LogP contribution in [-0.2, 0) is 4.79 Å². The van der Waals surface area contributed by atoms with Crippen molar-refractivity contribution in [3.05, 3.63) is 34.2 Å². The summed E-state index contributed by atoms with van der Waals surface area (Å²) in [4.78, 5) is 13.3. The van der Waals surface area contributed by atoms with E-state index in [-0.39, 0.29) is 10.8 Å². The van der Waals surface area contributed by atoms with Gasteiger partial charge < -0.3 is 14.4 Å². The van der Waals surface area contributed by atoms with Crippen molar-refractivity contribution in [2.45, 2.75) is 26.4 Å². The number of carbonyl (C=O) groups is 1. The Balaban J connectivity index is 2.02. The van der Waals surface area contributed by atoms with E-state index in [1.807, 2.05) is 19.1 Å². The first-order chi connectivity index (χ1) is 11.0. The third-order valence-electron chi connectivity index (χ3n) is 3.43. The van der Waals surface area contributed by atoms with E-state index in [1.54, 1.807) is 30.4 Å². The van der Waals surface area contributed by atoms with E-state index >= 15 is 0 Å². The molecule has 3 rings (SSSR count). The molecule has 0 amide bonds. The smallest absolute Gasteiger partial charge is 0.344 e. The van der Waals surface area contributed by atoms with E-state index in [0.29, 0.717) is 12.0 Å². The van der Waals surface area contributed by atoms with Crippen LogP contribution in [0.1, 0.15) is 18.2 Å². The summed E-state index contributed by atoms with van der Waals surface area (Å²) < 4.78 is 10.8. The zero-order chi connectivity index (χ0) is 16.6. The van der Waals surface area contributed by atoms with Crippen LogP contribution in [0.4, 0.5) is 0 Å². The van der Waals surface area contributed by atoms with Crippen molar-refractivity contribution in [2.75, 3.05) is 0 Å². The minimum Gasteiger partial charge on any atom is -0.479 e. The number of fused-ring (bicyclic) bond motifs is 1. The van der Waals surface area contributed by atoms with Gasteiger partial charge in [-0.05, 0) is 37.6 Å². The maximum atomic E-state index is 11.1. The number of halogens is 1. The first-order valence-electron chi connectivity index (χ1n) is 7.05. The number of aliphatic carboxylic acids is 1. The highest BCUT2D eigenvalue weighted by molar-refractivity contribution is 7.15. The van der Waals surface area contributed by atoms with Gasteiger partial charge in [0.25, 0.3) is 0 Å². The summed E-state index contributed by atoms with van der Waals surface area (Å²) in [7, 11) is 0. The molecule has 7 heteroatoms. The van der Waals surface area contributed by atoms with Crippen LogP contribution < -0.4 is 4.74 Å². The van der Waals surface area contributed by atoms with Gasteiger partial charge in [-0.15, -0.1) is 11.3 Å². The number of carboxylic acids is 1. The number of aryl methyl sites for hydroxylation is 1. The lowest BCUT2D eigenvalue weighted by atomic mass is 10.2. The average Bonchev–Trinajstić information content (AvgIpc) is 3.12. The molecule has 1 atom stereocenters. The van der Waals surface area contributed by atoms with Crippen LogP contribution in [0, 0.1) is 6.92 Å². The molecule has 3 aromatic rings. The number of thiophene rings is 1. The molecule has 0 aliphatic heterocycles. The summed E-state index contributed by atoms with van der Waals surface area (Å²) in [6, 6.07) is 7.43. The van der Waals surface area contributed by atoms with Gasteiger partial charge in [0.2, 0.25) is 0 Å². The Morgan fingerprint density at radius 1 is 1.43 bits per heavy atom. The second kappa shape index (κ2) is 6.22. The molecule has 23 heavy (non-hydrogen) atoms. The maximum absolute atomic E-state index is 11.1. The van der Waals surface area contributed by atoms with E-state index < -0.39 is 12.1 Å². The Morgan fingerprint density at radius 2 is 2.22 bits per heavy atom. The van der Waals surface area contributed by atoms with Gasteiger partial charge in [0.05, 0.1) is 10.3 Å². The molecule has 0 aliphatic rings. The highest BCUT2D eigenvalue weighted by atomic mass is 35.5. The zero-order valence-electron chi connectivity index (χ0n) is 12.5. The van der Waals surface area contributed by atoms with Crippen LogP contribution in [0.5, 0.6) is 5.75 Å². The molecule has 1 N–H and O–H groups in total. The molecule has 0 aliphatic carbocycles. The number of benzene rings is 1. The van der Waals surface area contributed by atoms with Crippen molar-refractivity contribution in [2.24, 2.45) is 0 Å². The van der Waals surface area contributed by atoms with Crippen LogP contribution in [0.15, 0.2) is 28.8 Å². The summed E-state index contributed by atoms with van der Waals surface area (Å²) >= 11 is 7.92. The Bertz CT molecular complexity index is 870. The number of hydrogen-bond donors (Lipinski definition) is 1. The molecule has 1 unspecified atom stereocenters. The monoisotopic (exact) mass is 351 g/mol. The van der Waals surface area contributed by atoms with E-state index in [0.717, 1.165) is 16.0 Å². The Morgan fingerprint density at radius 3 is 2.83 bits per heavy atom. The molecule has 0 spiro atoms. The quantitative estimate of drug-likeness (QED) is 0.717. The number of hydrogen-bond acceptors (Lipinski definition) is 5. The second-order valence-electron chi connectivity index (χ2n) is 5.05. The maximum Gasteiger partial charge on any atom is 0.344 e. The zero-order valence-corrected chi connectivity index (χ0v) is 14.1. The standard InChI is InChI=1S/C16H14ClNO4S/c1-3-10(16(19)20)21-11-6-5-9-14(12-7-4-8(2)23-12)18-22-15(9)13(11)17/h4-7,10H,3H2,1-2H3,(H,19,20). The summed E-state index contributed by atoms with van der Waals surface area (Å²) in [5.41, 5.74) is 1.11. The van der Waals surface area contributed by atoms with Crippen molar-refractivity contribution in [1.29, 1.82) is 0 Å². The third kappa shape index (κ3) is 2.92. The SMILES string of the molecule is CCC(Oc1ccc2c(-c3ccc(C)s3)noc2c1Cl)C(=O)O. The van der Waals surface area contributed by atoms with Gasteiger partial charge in [-0.3, -0.25) is 0 Å². The van der Waals surface area contributed by atoms with Crippen molar-refractivity contribution in [1.82, 2.24) is 5.16 Å². The van der Waals surface area contributed by atoms with Crippen LogP contribution >= 0.6 is 22.9 Å². The fourth-order valence-corrected chi connectivity index (χ4v) is 3.35. The highest BCUT2D eigenvalue weighted by Gasteiger charge is 2.22. The van der Waals surface area contributed by atoms with Crippen LogP contribution in [0.2, 0.25) is 5.02 Å². The van der Waals surface area contributed by atoms with Crippen molar-refractivity contribution >= 4 is 39.9 Å². The Hall–Kier alpha value is -2.05. The molecule has 0 fully saturated rings. The summed E-state index contributed by atoms with van der Waals surface area (Å²) in [5, 5.41) is 14.2. The third-order valence-corrected chi connectivity index (χ3v) is 4.80. The number of ether oxygens (including phenoxy) is 1. The first-order valence-corrected chi connectivity index (χ1v) is 8.24. The van der Waals surface area contributed by atoms with Gasteiger partial charge in [0, 0.05) is 4.88 Å². The van der Waals surface area contributed by atoms with Gasteiger partial charge in [-0.25, -0.2) is 4.79 Å². The number of nitrogens with zero attached hydrogens (tertiary/aromatic N) is 1. The average molecular weight is 352 g/mol. The van der Waals surface area contributed by atoms with Crippen molar-refractivity contribution < 1.29 is 19.2 Å². The minimum absolute atomic E-state index is 0.231. The molecule has 0 saturated carbocycles. The lowest BCUT2D eigenvalue weighted by molar-refractivity contribution is -0.145. The molecular weight excluding hydrogens is 338 g/mol. The van der Waals surface area contributed by atoms with Crippen LogP contribution in [0.3, 0.4) is 0 Å².